The third-order valence-corrected chi connectivity index (χ3v) is 4.10. The Bertz CT molecular complexity index is 689. The number of nitrogens with one attached hydrogen (secondary N) is 1. The molecule has 24 heavy (non-hydrogen) atoms. The first-order valence-electron chi connectivity index (χ1n) is 8.31. The molecule has 0 spiro atoms. The summed E-state index contributed by atoms with van der Waals surface area (Å²) in [5.74, 6) is 0.245. The molecule has 0 aliphatic carbocycles. The average Bonchev–Trinajstić information content (AvgIpc) is 2.99. The molecule has 1 fully saturated rings. The van der Waals surface area contributed by atoms with Gasteiger partial charge in [0.15, 0.2) is 0 Å². The molecule has 126 valence electrons. The van der Waals surface area contributed by atoms with Crippen LogP contribution in [0.15, 0.2) is 41.0 Å². The Balaban J connectivity index is 1.66. The molecule has 1 aliphatic heterocycles. The van der Waals surface area contributed by atoms with Gasteiger partial charge in [0, 0.05) is 13.1 Å². The molecule has 0 radical (unpaired) electrons. The lowest BCUT2D eigenvalue weighted by atomic mass is 10.2. The highest BCUT2D eigenvalue weighted by Gasteiger charge is 2.19. The summed E-state index contributed by atoms with van der Waals surface area (Å²) in [5.41, 5.74) is 0.560. The highest BCUT2D eigenvalue weighted by Crippen LogP contribution is 2.13. The summed E-state index contributed by atoms with van der Waals surface area (Å²) in [4.78, 5) is 30.9. The van der Waals surface area contributed by atoms with Gasteiger partial charge in [0.25, 0.3) is 11.8 Å². The number of hydrogen-bond acceptors (Lipinski definition) is 4. The van der Waals surface area contributed by atoms with E-state index in [0.29, 0.717) is 11.5 Å². The van der Waals surface area contributed by atoms with Crippen LogP contribution in [-0.4, -0.2) is 34.8 Å². The van der Waals surface area contributed by atoms with Crippen LogP contribution in [0.25, 0.3) is 0 Å². The van der Waals surface area contributed by atoms with Crippen LogP contribution in [0.2, 0.25) is 0 Å². The number of likely N-dealkylation sites (tertiary alicyclic amines) is 1. The van der Waals surface area contributed by atoms with E-state index in [0.717, 1.165) is 38.8 Å². The molecule has 0 atom stereocenters. The van der Waals surface area contributed by atoms with Crippen LogP contribution < -0.4 is 5.32 Å². The lowest BCUT2D eigenvalue weighted by molar-refractivity contribution is 0.0755. The van der Waals surface area contributed by atoms with E-state index in [9.17, 15) is 9.59 Å². The van der Waals surface area contributed by atoms with Gasteiger partial charge in [-0.05, 0) is 37.1 Å². The Morgan fingerprint density at radius 1 is 1.04 bits per heavy atom. The quantitative estimate of drug-likeness (QED) is 0.936. The van der Waals surface area contributed by atoms with Crippen LogP contribution in [0.3, 0.4) is 0 Å². The van der Waals surface area contributed by atoms with E-state index in [2.05, 4.69) is 10.3 Å². The Kier molecular flexibility index (Phi) is 5.25. The Morgan fingerprint density at radius 2 is 1.79 bits per heavy atom. The highest BCUT2D eigenvalue weighted by atomic mass is 16.3. The van der Waals surface area contributed by atoms with E-state index >= 15 is 0 Å². The molecule has 1 aliphatic rings. The molecule has 0 saturated carbocycles. The SMILES string of the molecule is O=C(NCc1ccco1)c1cccc(C(=O)N2CCCCCC2)n1. The van der Waals surface area contributed by atoms with Gasteiger partial charge in [-0.1, -0.05) is 18.9 Å². The van der Waals surface area contributed by atoms with Gasteiger partial charge in [-0.3, -0.25) is 9.59 Å². The number of hydrogen-bond donors (Lipinski definition) is 1. The van der Waals surface area contributed by atoms with Crippen LogP contribution in [0.4, 0.5) is 0 Å². The molecule has 2 amide bonds. The molecule has 2 aromatic heterocycles. The van der Waals surface area contributed by atoms with Crippen molar-refractivity contribution < 1.29 is 14.0 Å². The van der Waals surface area contributed by atoms with E-state index < -0.39 is 0 Å². The predicted molar refractivity (Wildman–Crippen MR) is 88.5 cm³/mol. The Labute approximate surface area is 140 Å². The number of aromatic nitrogens is 1. The first-order chi connectivity index (χ1) is 11.7. The van der Waals surface area contributed by atoms with E-state index in [4.69, 9.17) is 4.42 Å². The van der Waals surface area contributed by atoms with Crippen molar-refractivity contribution in [3.8, 4) is 0 Å². The van der Waals surface area contributed by atoms with E-state index in [1.807, 2.05) is 4.90 Å². The summed E-state index contributed by atoms with van der Waals surface area (Å²) in [5, 5.41) is 2.74. The van der Waals surface area contributed by atoms with Crippen molar-refractivity contribution in [2.24, 2.45) is 0 Å². The summed E-state index contributed by atoms with van der Waals surface area (Å²) in [6, 6.07) is 8.51. The molecule has 0 bridgehead atoms. The molecular weight excluding hydrogens is 306 g/mol. The topological polar surface area (TPSA) is 75.4 Å². The van der Waals surface area contributed by atoms with Gasteiger partial charge >= 0.3 is 0 Å². The summed E-state index contributed by atoms with van der Waals surface area (Å²) < 4.78 is 5.18. The number of carbonyl (C=O) groups excluding carboxylic acids is 2. The lowest BCUT2D eigenvalue weighted by Crippen LogP contribution is -2.33. The van der Waals surface area contributed by atoms with Crippen LogP contribution in [0.5, 0.6) is 0 Å². The Hall–Kier alpha value is -2.63. The maximum Gasteiger partial charge on any atom is 0.272 e. The van der Waals surface area contributed by atoms with E-state index in [1.54, 1.807) is 36.6 Å². The molecule has 0 unspecified atom stereocenters. The van der Waals surface area contributed by atoms with Gasteiger partial charge in [0.2, 0.25) is 0 Å². The van der Waals surface area contributed by atoms with Crippen LogP contribution in [0.1, 0.15) is 52.4 Å². The Morgan fingerprint density at radius 3 is 2.50 bits per heavy atom. The summed E-state index contributed by atoms with van der Waals surface area (Å²) in [7, 11) is 0. The molecule has 0 aromatic carbocycles. The second kappa shape index (κ2) is 7.77. The minimum Gasteiger partial charge on any atom is -0.467 e. The number of carbonyl (C=O) groups is 2. The summed E-state index contributed by atoms with van der Waals surface area (Å²) in [6.45, 7) is 1.81. The van der Waals surface area contributed by atoms with Crippen LogP contribution in [-0.2, 0) is 6.54 Å². The van der Waals surface area contributed by atoms with Crippen molar-refractivity contribution in [1.29, 1.82) is 0 Å². The minimum atomic E-state index is -0.322. The lowest BCUT2D eigenvalue weighted by Gasteiger charge is -2.19. The number of amides is 2. The number of nitrogens with zero attached hydrogens (tertiary/aromatic N) is 2. The third-order valence-electron chi connectivity index (χ3n) is 4.10. The maximum atomic E-state index is 12.6. The second-order valence-corrected chi connectivity index (χ2v) is 5.88. The normalized spacial score (nSPS) is 14.9. The number of pyridine rings is 1. The number of furan rings is 1. The molecule has 2 aromatic rings. The molecular formula is C18H21N3O3. The standard InChI is InChI=1S/C18H21N3O3/c22-17(19-13-14-7-6-12-24-14)15-8-5-9-16(20-15)18(23)21-10-3-1-2-4-11-21/h5-9,12H,1-4,10-11,13H2,(H,19,22). The van der Waals surface area contributed by atoms with Crippen LogP contribution >= 0.6 is 0 Å². The fourth-order valence-corrected chi connectivity index (χ4v) is 2.79. The molecule has 3 rings (SSSR count). The monoisotopic (exact) mass is 327 g/mol. The van der Waals surface area contributed by atoms with Gasteiger partial charge in [-0.2, -0.15) is 0 Å². The fraction of sp³-hybridized carbons (Fsp3) is 0.389. The highest BCUT2D eigenvalue weighted by molar-refractivity contribution is 5.96. The first-order valence-corrected chi connectivity index (χ1v) is 8.31. The van der Waals surface area contributed by atoms with Crippen molar-refractivity contribution >= 4 is 11.8 Å². The average molecular weight is 327 g/mol. The summed E-state index contributed by atoms with van der Waals surface area (Å²) in [6.07, 6.45) is 5.92. The molecule has 1 N–H and O–H groups in total. The van der Waals surface area contributed by atoms with Gasteiger partial charge < -0.3 is 14.6 Å². The van der Waals surface area contributed by atoms with Crippen molar-refractivity contribution in [2.45, 2.75) is 32.2 Å². The zero-order valence-electron chi connectivity index (χ0n) is 13.5. The molecule has 3 heterocycles. The van der Waals surface area contributed by atoms with Gasteiger partial charge in [-0.15, -0.1) is 0 Å². The molecule has 6 heteroatoms. The van der Waals surface area contributed by atoms with Gasteiger partial charge in [0.05, 0.1) is 12.8 Å². The maximum absolute atomic E-state index is 12.6. The second-order valence-electron chi connectivity index (χ2n) is 5.88. The van der Waals surface area contributed by atoms with Gasteiger partial charge in [-0.25, -0.2) is 4.98 Å². The predicted octanol–water partition coefficient (Wildman–Crippen LogP) is 2.62. The van der Waals surface area contributed by atoms with Crippen molar-refractivity contribution in [3.05, 3.63) is 53.7 Å². The molecule has 6 nitrogen and oxygen atoms in total. The zero-order chi connectivity index (χ0) is 16.8. The molecule has 1 saturated heterocycles. The van der Waals surface area contributed by atoms with Crippen molar-refractivity contribution in [3.63, 3.8) is 0 Å². The largest absolute Gasteiger partial charge is 0.467 e. The summed E-state index contributed by atoms with van der Waals surface area (Å²) >= 11 is 0. The number of rotatable bonds is 4. The van der Waals surface area contributed by atoms with Crippen molar-refractivity contribution in [2.75, 3.05) is 13.1 Å². The first kappa shape index (κ1) is 16.2. The zero-order valence-corrected chi connectivity index (χ0v) is 13.5. The minimum absolute atomic E-state index is 0.0995. The van der Waals surface area contributed by atoms with E-state index in [1.165, 1.54) is 0 Å². The van der Waals surface area contributed by atoms with Gasteiger partial charge in [0.1, 0.15) is 17.1 Å². The van der Waals surface area contributed by atoms with Crippen LogP contribution in [0, 0.1) is 0 Å². The van der Waals surface area contributed by atoms with E-state index in [-0.39, 0.29) is 24.1 Å². The fourth-order valence-electron chi connectivity index (χ4n) is 2.79. The third kappa shape index (κ3) is 4.01. The van der Waals surface area contributed by atoms with Crippen molar-refractivity contribution in [1.82, 2.24) is 15.2 Å². The smallest absolute Gasteiger partial charge is 0.272 e.